The molecule has 0 fully saturated rings. The van der Waals surface area contributed by atoms with Crippen LogP contribution in [0.25, 0.3) is 0 Å². The molecule has 1 aromatic rings. The molecule has 0 aromatic carbocycles. The van der Waals surface area contributed by atoms with Crippen LogP contribution >= 0.6 is 0 Å². The van der Waals surface area contributed by atoms with Gasteiger partial charge in [-0.1, -0.05) is 20.8 Å². The summed E-state index contributed by atoms with van der Waals surface area (Å²) in [4.78, 5) is 25.5. The number of rotatable bonds is 8. The van der Waals surface area contributed by atoms with Crippen molar-refractivity contribution in [2.75, 3.05) is 11.9 Å². The van der Waals surface area contributed by atoms with Crippen LogP contribution in [0.3, 0.4) is 0 Å². The highest BCUT2D eigenvalue weighted by Gasteiger charge is 2.13. The Hall–Kier alpha value is -2.18. The van der Waals surface area contributed by atoms with Gasteiger partial charge in [-0.25, -0.2) is 4.98 Å². The summed E-state index contributed by atoms with van der Waals surface area (Å²) in [5, 5.41) is 13.6. The molecule has 0 bridgehead atoms. The normalized spacial score (nSPS) is 12.0. The highest BCUT2D eigenvalue weighted by atomic mass is 16.6. The first-order chi connectivity index (χ1) is 9.92. The van der Waals surface area contributed by atoms with Crippen molar-refractivity contribution in [1.29, 1.82) is 0 Å². The molecule has 21 heavy (non-hydrogen) atoms. The van der Waals surface area contributed by atoms with Crippen molar-refractivity contribution in [3.63, 3.8) is 0 Å². The maximum absolute atomic E-state index is 11.5. The zero-order valence-corrected chi connectivity index (χ0v) is 12.5. The largest absolute Gasteiger partial charge is 0.463 e. The van der Waals surface area contributed by atoms with Crippen molar-refractivity contribution >= 4 is 17.5 Å². The fourth-order valence-corrected chi connectivity index (χ4v) is 1.64. The summed E-state index contributed by atoms with van der Waals surface area (Å²) in [6.07, 6.45) is 2.33. The van der Waals surface area contributed by atoms with E-state index in [9.17, 15) is 14.9 Å². The van der Waals surface area contributed by atoms with Gasteiger partial charge in [-0.3, -0.25) is 14.9 Å². The second-order valence-corrected chi connectivity index (χ2v) is 5.19. The van der Waals surface area contributed by atoms with E-state index in [1.165, 1.54) is 18.3 Å². The van der Waals surface area contributed by atoms with Crippen LogP contribution < -0.4 is 5.32 Å². The molecule has 7 nitrogen and oxygen atoms in total. The van der Waals surface area contributed by atoms with E-state index >= 15 is 0 Å². The minimum Gasteiger partial charge on any atom is -0.463 e. The van der Waals surface area contributed by atoms with Gasteiger partial charge in [0.05, 0.1) is 11.0 Å². The number of hydrogen-bond donors (Lipinski definition) is 1. The number of carbonyl (C=O) groups excluding carboxylic acids is 1. The number of hydrogen-bond acceptors (Lipinski definition) is 6. The predicted molar refractivity (Wildman–Crippen MR) is 79.0 cm³/mol. The molecule has 116 valence electrons. The van der Waals surface area contributed by atoms with Crippen LogP contribution in [0.5, 0.6) is 0 Å². The van der Waals surface area contributed by atoms with E-state index in [4.69, 9.17) is 4.74 Å². The van der Waals surface area contributed by atoms with E-state index in [0.717, 1.165) is 6.42 Å². The Morgan fingerprint density at radius 2 is 2.19 bits per heavy atom. The summed E-state index contributed by atoms with van der Waals surface area (Å²) >= 11 is 0. The Bertz CT molecular complexity index is 474. The molecule has 1 unspecified atom stereocenters. The molecular formula is C14H21N3O4. The number of ether oxygens (including phenoxy) is 1. The molecule has 7 heteroatoms. The van der Waals surface area contributed by atoms with Crippen molar-refractivity contribution in [3.8, 4) is 0 Å². The lowest BCUT2D eigenvalue weighted by Crippen LogP contribution is -2.27. The molecule has 1 aromatic heterocycles. The first kappa shape index (κ1) is 16.9. The molecule has 1 atom stereocenters. The number of pyridine rings is 1. The summed E-state index contributed by atoms with van der Waals surface area (Å²) in [7, 11) is 0. The predicted octanol–water partition coefficient (Wildman–Crippen LogP) is 2.77. The number of aromatic nitrogens is 1. The minimum absolute atomic E-state index is 0.0584. The lowest BCUT2D eigenvalue weighted by atomic mass is 10.1. The zero-order chi connectivity index (χ0) is 15.8. The average Bonchev–Trinajstić information content (AvgIpc) is 2.43. The molecule has 0 amide bonds. The van der Waals surface area contributed by atoms with Crippen molar-refractivity contribution in [1.82, 2.24) is 4.98 Å². The fourth-order valence-electron chi connectivity index (χ4n) is 1.64. The number of carbonyl (C=O) groups is 1. The molecule has 1 rings (SSSR count). The summed E-state index contributed by atoms with van der Waals surface area (Å²) in [6.45, 7) is 6.12. The van der Waals surface area contributed by atoms with Gasteiger partial charge in [0.25, 0.3) is 5.69 Å². The van der Waals surface area contributed by atoms with E-state index in [1.54, 1.807) is 0 Å². The molecule has 0 spiro atoms. The van der Waals surface area contributed by atoms with Gasteiger partial charge >= 0.3 is 5.97 Å². The third-order valence-corrected chi connectivity index (χ3v) is 2.82. The summed E-state index contributed by atoms with van der Waals surface area (Å²) < 4.78 is 5.20. The molecule has 0 radical (unpaired) electrons. The highest BCUT2D eigenvalue weighted by Crippen LogP contribution is 2.13. The van der Waals surface area contributed by atoms with Crippen LogP contribution in [0.1, 0.15) is 33.6 Å². The van der Waals surface area contributed by atoms with Crippen molar-refractivity contribution in [3.05, 3.63) is 28.4 Å². The second-order valence-electron chi connectivity index (χ2n) is 5.19. The van der Waals surface area contributed by atoms with E-state index in [0.29, 0.717) is 12.2 Å². The number of esters is 1. The molecule has 0 aliphatic carbocycles. The van der Waals surface area contributed by atoms with Gasteiger partial charge in [0, 0.05) is 12.5 Å². The monoisotopic (exact) mass is 295 g/mol. The molecule has 0 saturated carbocycles. The van der Waals surface area contributed by atoms with Crippen molar-refractivity contribution in [2.24, 2.45) is 5.92 Å². The molecule has 0 aliphatic heterocycles. The van der Waals surface area contributed by atoms with E-state index < -0.39 is 4.92 Å². The first-order valence-corrected chi connectivity index (χ1v) is 6.95. The Kier molecular flexibility index (Phi) is 6.58. The van der Waals surface area contributed by atoms with Gasteiger partial charge in [0.15, 0.2) is 0 Å². The zero-order valence-electron chi connectivity index (χ0n) is 12.5. The summed E-state index contributed by atoms with van der Waals surface area (Å²) in [6, 6.07) is 2.85. The Labute approximate surface area is 123 Å². The Balaban J connectivity index is 2.50. The average molecular weight is 295 g/mol. The van der Waals surface area contributed by atoms with Crippen LogP contribution in [0.4, 0.5) is 11.5 Å². The molecule has 1 N–H and O–H groups in total. The number of nitrogens with one attached hydrogen (secondary N) is 1. The summed E-state index contributed by atoms with van der Waals surface area (Å²) in [5.74, 6) is 0.566. The SMILES string of the molecule is CCC(COC(=O)CC(C)C)Nc1ccc([N+](=O)[O-])cn1. The molecular weight excluding hydrogens is 274 g/mol. The van der Waals surface area contributed by atoms with Gasteiger partial charge < -0.3 is 10.1 Å². The summed E-state index contributed by atoms with van der Waals surface area (Å²) in [5.41, 5.74) is -0.0584. The van der Waals surface area contributed by atoms with Crippen molar-refractivity contribution in [2.45, 2.75) is 39.7 Å². The van der Waals surface area contributed by atoms with Crippen LogP contribution in [0.15, 0.2) is 18.3 Å². The number of nitro groups is 1. The molecule has 0 saturated heterocycles. The van der Waals surface area contributed by atoms with Crippen LogP contribution in [-0.2, 0) is 9.53 Å². The topological polar surface area (TPSA) is 94.4 Å². The van der Waals surface area contributed by atoms with Gasteiger partial charge in [0.2, 0.25) is 0 Å². The smallest absolute Gasteiger partial charge is 0.306 e. The molecule has 1 heterocycles. The highest BCUT2D eigenvalue weighted by molar-refractivity contribution is 5.69. The Morgan fingerprint density at radius 3 is 2.67 bits per heavy atom. The van der Waals surface area contributed by atoms with Gasteiger partial charge in [0.1, 0.15) is 18.6 Å². The van der Waals surface area contributed by atoms with Crippen LogP contribution in [0, 0.1) is 16.0 Å². The molecule has 0 aliphatic rings. The third kappa shape index (κ3) is 6.20. The first-order valence-electron chi connectivity index (χ1n) is 6.95. The lowest BCUT2D eigenvalue weighted by Gasteiger charge is -2.17. The minimum atomic E-state index is -0.498. The van der Waals surface area contributed by atoms with Crippen LogP contribution in [-0.4, -0.2) is 28.5 Å². The third-order valence-electron chi connectivity index (χ3n) is 2.82. The standard InChI is InChI=1S/C14H21N3O4/c1-4-11(9-21-14(18)7-10(2)3)16-13-6-5-12(8-15-13)17(19)20/h5-6,8,10-11H,4,7,9H2,1-3H3,(H,15,16). The number of anilines is 1. The van der Waals surface area contributed by atoms with E-state index in [2.05, 4.69) is 10.3 Å². The van der Waals surface area contributed by atoms with E-state index in [1.807, 2.05) is 20.8 Å². The lowest BCUT2D eigenvalue weighted by molar-refractivity contribution is -0.385. The fraction of sp³-hybridized carbons (Fsp3) is 0.571. The van der Waals surface area contributed by atoms with Gasteiger partial charge in [-0.2, -0.15) is 0 Å². The number of nitrogens with zero attached hydrogens (tertiary/aromatic N) is 2. The maximum Gasteiger partial charge on any atom is 0.306 e. The van der Waals surface area contributed by atoms with Gasteiger partial charge in [-0.05, 0) is 18.4 Å². The van der Waals surface area contributed by atoms with Crippen molar-refractivity contribution < 1.29 is 14.5 Å². The quantitative estimate of drug-likeness (QED) is 0.450. The van der Waals surface area contributed by atoms with Gasteiger partial charge in [-0.15, -0.1) is 0 Å². The van der Waals surface area contributed by atoms with E-state index in [-0.39, 0.29) is 30.2 Å². The second kappa shape index (κ2) is 8.18. The van der Waals surface area contributed by atoms with Crippen LogP contribution in [0.2, 0.25) is 0 Å². The maximum atomic E-state index is 11.5. The Morgan fingerprint density at radius 1 is 1.48 bits per heavy atom.